The molecule has 2 rings (SSSR count). The van der Waals surface area contributed by atoms with Gasteiger partial charge in [0.25, 0.3) is 0 Å². The van der Waals surface area contributed by atoms with E-state index in [9.17, 15) is 0 Å². The Labute approximate surface area is 186 Å². The van der Waals surface area contributed by atoms with Crippen molar-refractivity contribution in [2.45, 2.75) is 83.2 Å². The molecular formula is C27H42O2Si. The fraction of sp³-hybridized carbons (Fsp3) is 0.556. The van der Waals surface area contributed by atoms with E-state index in [4.69, 9.17) is 9.47 Å². The van der Waals surface area contributed by atoms with Crippen LogP contribution >= 0.6 is 0 Å². The first-order chi connectivity index (χ1) is 14.8. The first kappa shape index (κ1) is 24.8. The number of rotatable bonds is 18. The van der Waals surface area contributed by atoms with Crippen molar-refractivity contribution in [1.29, 1.82) is 0 Å². The molecule has 0 heterocycles. The SMILES string of the molecule is C[SiH](CCCCCCOCc1ccccc1)CCCCCCOCc1ccccc1. The predicted molar refractivity (Wildman–Crippen MR) is 132 cm³/mol. The molecule has 0 aromatic heterocycles. The second-order valence-corrected chi connectivity index (χ2v) is 12.0. The molecule has 0 spiro atoms. The molecule has 0 fully saturated rings. The zero-order valence-electron chi connectivity index (χ0n) is 19.1. The molecule has 0 saturated carbocycles. The normalized spacial score (nSPS) is 11.3. The summed E-state index contributed by atoms with van der Waals surface area (Å²) >= 11 is 0. The summed E-state index contributed by atoms with van der Waals surface area (Å²) in [6.07, 6.45) is 10.7. The monoisotopic (exact) mass is 426 g/mol. The average molecular weight is 427 g/mol. The van der Waals surface area contributed by atoms with Gasteiger partial charge in [-0.25, -0.2) is 0 Å². The highest BCUT2D eigenvalue weighted by Crippen LogP contribution is 2.14. The molecule has 30 heavy (non-hydrogen) atoms. The van der Waals surface area contributed by atoms with Gasteiger partial charge in [-0.3, -0.25) is 0 Å². The Morgan fingerprint density at radius 2 is 0.933 bits per heavy atom. The summed E-state index contributed by atoms with van der Waals surface area (Å²) in [5, 5.41) is 0. The van der Waals surface area contributed by atoms with Gasteiger partial charge in [0, 0.05) is 22.0 Å². The third-order valence-corrected chi connectivity index (χ3v) is 8.48. The summed E-state index contributed by atoms with van der Waals surface area (Å²) in [6, 6.07) is 24.0. The molecule has 2 nitrogen and oxygen atoms in total. The molecule has 0 saturated heterocycles. The maximum Gasteiger partial charge on any atom is 0.0716 e. The lowest BCUT2D eigenvalue weighted by molar-refractivity contribution is 0.117. The largest absolute Gasteiger partial charge is 0.377 e. The smallest absolute Gasteiger partial charge is 0.0716 e. The lowest BCUT2D eigenvalue weighted by Gasteiger charge is -2.10. The number of hydrogen-bond donors (Lipinski definition) is 0. The number of hydrogen-bond acceptors (Lipinski definition) is 2. The van der Waals surface area contributed by atoms with E-state index in [1.54, 1.807) is 0 Å². The van der Waals surface area contributed by atoms with E-state index in [1.807, 2.05) is 0 Å². The van der Waals surface area contributed by atoms with Gasteiger partial charge in [0.1, 0.15) is 0 Å². The minimum atomic E-state index is -0.477. The van der Waals surface area contributed by atoms with Crippen molar-refractivity contribution < 1.29 is 9.47 Å². The average Bonchev–Trinajstić information content (AvgIpc) is 2.79. The van der Waals surface area contributed by atoms with E-state index in [2.05, 4.69) is 67.2 Å². The molecule has 0 aliphatic rings. The van der Waals surface area contributed by atoms with Crippen molar-refractivity contribution in [1.82, 2.24) is 0 Å². The second kappa shape index (κ2) is 17.3. The summed E-state index contributed by atoms with van der Waals surface area (Å²) in [6.45, 7) is 5.87. The van der Waals surface area contributed by atoms with Crippen LogP contribution in [-0.4, -0.2) is 22.0 Å². The Balaban J connectivity index is 1.29. The third-order valence-electron chi connectivity index (χ3n) is 5.69. The summed E-state index contributed by atoms with van der Waals surface area (Å²) in [5.41, 5.74) is 2.55. The van der Waals surface area contributed by atoms with E-state index in [0.29, 0.717) is 0 Å². The fourth-order valence-electron chi connectivity index (χ4n) is 3.77. The Morgan fingerprint density at radius 1 is 0.533 bits per heavy atom. The van der Waals surface area contributed by atoms with Crippen LogP contribution in [0.25, 0.3) is 0 Å². The minimum absolute atomic E-state index is 0.477. The van der Waals surface area contributed by atoms with Crippen LogP contribution in [0.2, 0.25) is 18.6 Å². The van der Waals surface area contributed by atoms with Crippen molar-refractivity contribution >= 4 is 8.80 Å². The quantitative estimate of drug-likeness (QED) is 0.183. The molecule has 2 aromatic rings. The van der Waals surface area contributed by atoms with Gasteiger partial charge in [0.15, 0.2) is 0 Å². The molecule has 0 unspecified atom stereocenters. The maximum absolute atomic E-state index is 5.77. The third kappa shape index (κ3) is 13.0. The molecule has 0 atom stereocenters. The molecule has 0 aliphatic carbocycles. The number of ether oxygens (including phenoxy) is 2. The zero-order valence-corrected chi connectivity index (χ0v) is 20.2. The standard InChI is InChI=1S/C27H42O2Si/c1-30(22-14-4-2-12-20-28-24-26-16-8-6-9-17-26)23-15-5-3-13-21-29-25-27-18-10-7-11-19-27/h6-11,16-19,30H,2-5,12-15,20-25H2,1H3. The maximum atomic E-state index is 5.77. The van der Waals surface area contributed by atoms with Gasteiger partial charge in [-0.1, -0.05) is 118 Å². The summed E-state index contributed by atoms with van der Waals surface area (Å²) in [4.78, 5) is 0. The molecule has 3 heteroatoms. The Morgan fingerprint density at radius 3 is 1.37 bits per heavy atom. The van der Waals surface area contributed by atoms with Gasteiger partial charge in [-0.15, -0.1) is 0 Å². The summed E-state index contributed by atoms with van der Waals surface area (Å²) in [7, 11) is -0.477. The van der Waals surface area contributed by atoms with Gasteiger partial charge >= 0.3 is 0 Å². The molecule has 0 amide bonds. The zero-order chi connectivity index (χ0) is 21.1. The highest BCUT2D eigenvalue weighted by atomic mass is 28.3. The van der Waals surface area contributed by atoms with Crippen molar-refractivity contribution in [2.24, 2.45) is 0 Å². The van der Waals surface area contributed by atoms with Gasteiger partial charge in [-0.05, 0) is 24.0 Å². The second-order valence-electron chi connectivity index (χ2n) is 8.59. The molecule has 166 valence electrons. The first-order valence-corrected chi connectivity index (χ1v) is 14.9. The van der Waals surface area contributed by atoms with E-state index in [-0.39, 0.29) is 0 Å². The Kier molecular flexibility index (Phi) is 14.3. The van der Waals surface area contributed by atoms with Crippen molar-refractivity contribution in [3.05, 3.63) is 71.8 Å². The predicted octanol–water partition coefficient (Wildman–Crippen LogP) is 7.40. The summed E-state index contributed by atoms with van der Waals surface area (Å²) < 4.78 is 11.5. The van der Waals surface area contributed by atoms with Crippen LogP contribution in [-0.2, 0) is 22.7 Å². The molecule has 0 N–H and O–H groups in total. The van der Waals surface area contributed by atoms with Crippen LogP contribution in [0, 0.1) is 0 Å². The van der Waals surface area contributed by atoms with E-state index >= 15 is 0 Å². The van der Waals surface area contributed by atoms with Crippen LogP contribution < -0.4 is 0 Å². The van der Waals surface area contributed by atoms with Crippen LogP contribution in [0.4, 0.5) is 0 Å². The topological polar surface area (TPSA) is 18.5 Å². The van der Waals surface area contributed by atoms with Crippen molar-refractivity contribution in [3.8, 4) is 0 Å². The fourth-order valence-corrected chi connectivity index (χ4v) is 6.03. The van der Waals surface area contributed by atoms with Crippen molar-refractivity contribution in [2.75, 3.05) is 13.2 Å². The van der Waals surface area contributed by atoms with E-state index < -0.39 is 8.80 Å². The Bertz CT molecular complexity index is 562. The first-order valence-electron chi connectivity index (χ1n) is 12.1. The van der Waals surface area contributed by atoms with Crippen molar-refractivity contribution in [3.63, 3.8) is 0 Å². The lowest BCUT2D eigenvalue weighted by Crippen LogP contribution is -2.06. The highest BCUT2D eigenvalue weighted by Gasteiger charge is 2.04. The van der Waals surface area contributed by atoms with Gasteiger partial charge in [0.05, 0.1) is 13.2 Å². The van der Waals surface area contributed by atoms with Gasteiger partial charge in [-0.2, -0.15) is 0 Å². The molecule has 0 bridgehead atoms. The van der Waals surface area contributed by atoms with Crippen LogP contribution in [0.15, 0.2) is 60.7 Å². The molecule has 0 aliphatic heterocycles. The lowest BCUT2D eigenvalue weighted by atomic mass is 10.2. The van der Waals surface area contributed by atoms with E-state index in [1.165, 1.54) is 74.6 Å². The van der Waals surface area contributed by atoms with E-state index in [0.717, 1.165) is 26.4 Å². The van der Waals surface area contributed by atoms with Gasteiger partial charge in [0.2, 0.25) is 0 Å². The summed E-state index contributed by atoms with van der Waals surface area (Å²) in [5.74, 6) is 0. The molecule has 2 aromatic carbocycles. The minimum Gasteiger partial charge on any atom is -0.377 e. The van der Waals surface area contributed by atoms with Crippen LogP contribution in [0.5, 0.6) is 0 Å². The van der Waals surface area contributed by atoms with Crippen LogP contribution in [0.1, 0.15) is 62.5 Å². The number of benzene rings is 2. The molecular weight excluding hydrogens is 384 g/mol. The number of unbranched alkanes of at least 4 members (excludes halogenated alkanes) is 6. The highest BCUT2D eigenvalue weighted by molar-refractivity contribution is 6.57. The Hall–Kier alpha value is -1.42. The molecule has 0 radical (unpaired) electrons. The van der Waals surface area contributed by atoms with Gasteiger partial charge < -0.3 is 9.47 Å². The van der Waals surface area contributed by atoms with Crippen LogP contribution in [0.3, 0.4) is 0 Å².